The molecule has 223 valence electrons. The van der Waals surface area contributed by atoms with Crippen molar-refractivity contribution < 1.29 is 570 Å². The number of hydrogen-bond donors (Lipinski definition) is 1. The van der Waals surface area contributed by atoms with Gasteiger partial charge in [0.2, 0.25) is 0 Å². The van der Waals surface area contributed by atoms with Gasteiger partial charge in [-0.15, -0.1) is 24.9 Å². The van der Waals surface area contributed by atoms with E-state index in [0.717, 1.165) is 33.8 Å². The standard InChI is InChI=1S/C27H18N2O3.2CH3.17Y/c1-28-18-11-13-22-25(16-18)31-24-14-12-19(29-17-7-3-2-4-8-17)15-23(24)27(22)21-10-6-5-9-20(21)26(30)32-27;;;;;;;;;;;;;;;;;;;/h2-11,13-16,29H,1H3;2*1H3;;;;;;;;;;;;;;;;;/q-2;2*-1;;;;;;;;;;;;;;;;;. The van der Waals surface area contributed by atoms with Gasteiger partial charge in [-0.25, -0.2) is 4.79 Å². The van der Waals surface area contributed by atoms with Crippen LogP contribution in [0.5, 0.6) is 11.5 Å². The van der Waals surface area contributed by atoms with E-state index in [4.69, 9.17) is 9.47 Å². The molecule has 0 amide bonds. The minimum atomic E-state index is -1.11. The van der Waals surface area contributed by atoms with Crippen molar-refractivity contribution in [3.63, 3.8) is 0 Å². The van der Waals surface area contributed by atoms with Crippen LogP contribution in [0.3, 0.4) is 0 Å². The van der Waals surface area contributed by atoms with Gasteiger partial charge in [0.1, 0.15) is 5.75 Å². The van der Waals surface area contributed by atoms with Crippen molar-refractivity contribution in [3.05, 3.63) is 133 Å². The summed E-state index contributed by atoms with van der Waals surface area (Å²) in [5.41, 5.74) is 4.25. The van der Waals surface area contributed by atoms with Gasteiger partial charge in [-0.3, -0.25) is 0 Å². The van der Waals surface area contributed by atoms with Crippen LogP contribution in [0.4, 0.5) is 17.1 Å². The van der Waals surface area contributed by atoms with E-state index in [1.54, 1.807) is 19.2 Å². The molecule has 1 atom stereocenters. The molecule has 51 heavy (non-hydrogen) atoms. The van der Waals surface area contributed by atoms with Crippen LogP contribution in [0.1, 0.15) is 27.0 Å². The molecule has 0 aromatic heterocycles. The zero-order valence-corrected chi connectivity index (χ0v) is 77.3. The molecule has 6 rings (SSSR count). The second kappa shape index (κ2) is 53.9. The van der Waals surface area contributed by atoms with Gasteiger partial charge < -0.3 is 35.0 Å². The van der Waals surface area contributed by atoms with E-state index in [-0.39, 0.29) is 577 Å². The van der Waals surface area contributed by atoms with Crippen molar-refractivity contribution >= 4 is 23.0 Å². The molecule has 4 aromatic rings. The maximum atomic E-state index is 13.0. The van der Waals surface area contributed by atoms with Gasteiger partial charge in [0.05, 0.1) is 5.56 Å². The number of benzene rings is 4. The van der Waals surface area contributed by atoms with E-state index in [9.17, 15) is 4.79 Å². The maximum Gasteiger partial charge on any atom is 0.340 e. The van der Waals surface area contributed by atoms with Crippen molar-refractivity contribution in [1.82, 2.24) is 0 Å². The fourth-order valence-corrected chi connectivity index (χ4v) is 4.49. The van der Waals surface area contributed by atoms with E-state index in [0.29, 0.717) is 17.1 Å². The number of para-hydroxylation sites is 1. The minimum Gasteiger partial charge on any atom is -0.687 e. The van der Waals surface area contributed by atoms with Gasteiger partial charge >= 0.3 is 5.97 Å². The quantitative estimate of drug-likeness (QED) is 0.173. The fraction of sp³-hybridized carbons (Fsp3) is 0.0690. The molecule has 22 heteroatoms. The summed E-state index contributed by atoms with van der Waals surface area (Å²) < 4.78 is 12.5. The number of carbonyl (C=O) groups is 1. The van der Waals surface area contributed by atoms with Gasteiger partial charge in [-0.2, -0.15) is 6.07 Å². The number of ether oxygens (including phenoxy) is 2. The van der Waals surface area contributed by atoms with Gasteiger partial charge in [0, 0.05) is 579 Å². The average molecular weight is 1960 g/mol. The van der Waals surface area contributed by atoms with E-state index >= 15 is 0 Å². The third-order valence-corrected chi connectivity index (χ3v) is 5.94. The molecule has 1 unspecified atom stereocenters. The van der Waals surface area contributed by atoms with Crippen LogP contribution in [-0.4, -0.2) is 13.0 Å². The largest absolute Gasteiger partial charge is 0.687 e. The first-order chi connectivity index (χ1) is 15.7. The summed E-state index contributed by atoms with van der Waals surface area (Å²) in [6, 6.07) is 30.0. The number of anilines is 2. The van der Waals surface area contributed by atoms with Crippen LogP contribution < -0.4 is 10.1 Å². The van der Waals surface area contributed by atoms with Crippen LogP contribution in [0.15, 0.2) is 84.9 Å². The summed E-state index contributed by atoms with van der Waals surface area (Å²) in [5, 5.41) is 7.64. The van der Waals surface area contributed by atoms with Crippen molar-refractivity contribution in [1.29, 1.82) is 0 Å². The van der Waals surface area contributed by atoms with E-state index in [1.807, 2.05) is 72.8 Å². The van der Waals surface area contributed by atoms with E-state index in [1.165, 1.54) is 0 Å². The molecule has 1 N–H and O–H groups in total. The minimum absolute atomic E-state index is 0. The Labute approximate surface area is 733 Å². The molecule has 2 heterocycles. The summed E-state index contributed by atoms with van der Waals surface area (Å²) in [5.74, 6) is 0.852. The number of carbonyl (C=O) groups excluding carboxylic acids is 1. The predicted octanol–water partition coefficient (Wildman–Crippen LogP) is 7.29. The number of nitrogens with zero attached hydrogens (tertiary/aromatic N) is 1. The average Bonchev–Trinajstić information content (AvgIpc) is 3.13. The molecule has 4 aromatic carbocycles. The Morgan fingerprint density at radius 1 is 0.588 bits per heavy atom. The van der Waals surface area contributed by atoms with Crippen molar-refractivity contribution in [2.75, 3.05) is 12.4 Å². The molecule has 0 fully saturated rings. The zero-order chi connectivity index (χ0) is 21.7. The molecule has 0 saturated carbocycles. The van der Waals surface area contributed by atoms with E-state index < -0.39 is 5.60 Å². The van der Waals surface area contributed by atoms with Crippen LogP contribution >= 0.6 is 0 Å². The molecule has 2 aliphatic rings. The summed E-state index contributed by atoms with van der Waals surface area (Å²) >= 11 is 0. The van der Waals surface area contributed by atoms with Crippen molar-refractivity contribution in [2.24, 2.45) is 0 Å². The molecule has 1 spiro atoms. The van der Waals surface area contributed by atoms with Crippen LogP contribution in [0.2, 0.25) is 0 Å². The molecule has 0 saturated heterocycles. The Morgan fingerprint density at radius 2 is 1.10 bits per heavy atom. The summed E-state index contributed by atoms with van der Waals surface area (Å²) in [6.45, 7) is 0. The van der Waals surface area contributed by atoms with Gasteiger partial charge in [-0.1, -0.05) is 59.8 Å². The predicted molar refractivity (Wildman–Crippen MR) is 135 cm³/mol. The monoisotopic (exact) mass is 1960 g/mol. The maximum absolute atomic E-state index is 13.0. The van der Waals surface area contributed by atoms with Crippen LogP contribution in [0.25, 0.3) is 5.32 Å². The Hall–Kier alpha value is 14.5. The van der Waals surface area contributed by atoms with E-state index in [2.05, 4.69) is 16.7 Å². The van der Waals surface area contributed by atoms with Crippen LogP contribution in [-0.2, 0) is 566 Å². The second-order valence-electron chi connectivity index (χ2n) is 7.74. The molecule has 0 bridgehead atoms. The zero-order valence-electron chi connectivity index (χ0n) is 29.1. The summed E-state index contributed by atoms with van der Waals surface area (Å²) in [4.78, 5) is 13.0. The number of esters is 1. The first-order valence-corrected chi connectivity index (χ1v) is 10.3. The molecule has 17 radical (unpaired) electrons. The smallest absolute Gasteiger partial charge is 0.340 e. The second-order valence-corrected chi connectivity index (χ2v) is 7.74. The van der Waals surface area contributed by atoms with Crippen LogP contribution in [0, 0.1) is 20.9 Å². The number of nitrogens with one attached hydrogen (secondary N) is 1. The Kier molecular flexibility index (Phi) is 109. The number of fused-ring (bicyclic) bond motifs is 6. The Morgan fingerprint density at radius 3 is 1.63 bits per heavy atom. The third-order valence-electron chi connectivity index (χ3n) is 5.94. The molecule has 5 nitrogen and oxygen atoms in total. The third kappa shape index (κ3) is 27.1. The van der Waals surface area contributed by atoms with Gasteiger partial charge in [0.25, 0.3) is 0 Å². The molecule has 2 aliphatic heterocycles. The molecular weight excluding hydrogens is 1940 g/mol. The first-order valence-electron chi connectivity index (χ1n) is 10.3. The number of rotatable bonds is 3. The van der Waals surface area contributed by atoms with Crippen molar-refractivity contribution in [3.8, 4) is 11.5 Å². The van der Waals surface area contributed by atoms with Gasteiger partial charge in [0.15, 0.2) is 5.60 Å². The molecule has 0 aliphatic carbocycles. The fourth-order valence-electron chi connectivity index (χ4n) is 4.49. The number of hydrogen-bond acceptors (Lipinski definition) is 4. The Balaban J connectivity index is -0.0000000600. The summed E-state index contributed by atoms with van der Waals surface area (Å²) in [6.07, 6.45) is 0. The normalized spacial score (nSPS) is 11.0. The molecular formula is C29H24N2O3Y17-4. The summed E-state index contributed by atoms with van der Waals surface area (Å²) in [7, 11) is 1.73. The van der Waals surface area contributed by atoms with Gasteiger partial charge in [-0.05, 0) is 24.3 Å². The SMILES string of the molecule is C[N-]c1ccc2c(c1)Oc1c[c-]c(Nc3ccccc3)cc1C21OC(=O)c2ccccc21.[CH3-].[CH3-].[Y].[Y].[Y].[Y].[Y].[Y].[Y].[Y].[Y].[Y].[Y].[Y].[Y].[Y].[Y].[Y].[Y]. The van der Waals surface area contributed by atoms with Crippen molar-refractivity contribution in [2.45, 2.75) is 5.60 Å². The first kappa shape index (κ1) is 103. The topological polar surface area (TPSA) is 61.7 Å². The Bertz CT molecular complexity index is 1410.